The molecule has 2 N–H and O–H groups in total. The number of rotatable bonds is 6. The van der Waals surface area contributed by atoms with Crippen LogP contribution >= 0.6 is 0 Å². The number of nitrogens with zero attached hydrogens (tertiary/aromatic N) is 3. The van der Waals surface area contributed by atoms with Crippen LogP contribution in [-0.2, 0) is 6.18 Å². The van der Waals surface area contributed by atoms with E-state index < -0.39 is 34.6 Å². The van der Waals surface area contributed by atoms with Gasteiger partial charge in [-0.1, -0.05) is 0 Å². The molecule has 1 aromatic carbocycles. The Morgan fingerprint density at radius 3 is 2.38 bits per heavy atom. The number of aromatic amines is 1. The predicted octanol–water partition coefficient (Wildman–Crippen LogP) is 4.39. The molecule has 1 amide bonds. The molecular weight excluding hydrogens is 534 g/mol. The van der Waals surface area contributed by atoms with Gasteiger partial charge in [0.2, 0.25) is 5.56 Å². The number of aromatic nitrogens is 2. The van der Waals surface area contributed by atoms with Gasteiger partial charge in [-0.3, -0.25) is 14.5 Å². The summed E-state index contributed by atoms with van der Waals surface area (Å²) in [6, 6.07) is 4.55. The maximum Gasteiger partial charge on any atom is 0.417 e. The molecule has 2 atom stereocenters. The molecule has 1 aliphatic heterocycles. The van der Waals surface area contributed by atoms with Gasteiger partial charge in [-0.25, -0.2) is 9.37 Å². The van der Waals surface area contributed by atoms with E-state index >= 15 is 4.39 Å². The molecule has 9 nitrogen and oxygen atoms in total. The van der Waals surface area contributed by atoms with Crippen molar-refractivity contribution in [2.75, 3.05) is 44.6 Å². The first-order chi connectivity index (χ1) is 18.8. The summed E-state index contributed by atoms with van der Waals surface area (Å²) in [6.07, 6.45) is -2.89. The van der Waals surface area contributed by atoms with Gasteiger partial charge in [0.15, 0.2) is 5.75 Å². The van der Waals surface area contributed by atoms with Crippen molar-refractivity contribution in [1.29, 1.82) is 0 Å². The molecule has 214 valence electrons. The number of halogens is 4. The summed E-state index contributed by atoms with van der Waals surface area (Å²) < 4.78 is 67.1. The molecule has 40 heavy (non-hydrogen) atoms. The van der Waals surface area contributed by atoms with E-state index in [4.69, 9.17) is 9.47 Å². The number of methoxy groups -OCH3 is 2. The second kappa shape index (κ2) is 11.2. The van der Waals surface area contributed by atoms with Crippen molar-refractivity contribution in [3.63, 3.8) is 0 Å². The monoisotopic (exact) mass is 563 g/mol. The lowest BCUT2D eigenvalue weighted by atomic mass is 10.0. The van der Waals surface area contributed by atoms with E-state index in [1.165, 1.54) is 38.6 Å². The first kappa shape index (κ1) is 28.9. The average Bonchev–Trinajstić information content (AvgIpc) is 2.91. The number of H-pyrrole nitrogens is 1. The second-order valence-electron chi connectivity index (χ2n) is 9.63. The summed E-state index contributed by atoms with van der Waals surface area (Å²) in [5, 5.41) is 2.53. The number of hydrogen-bond donors (Lipinski definition) is 2. The number of pyridine rings is 2. The Morgan fingerprint density at radius 2 is 1.77 bits per heavy atom. The minimum absolute atomic E-state index is 0.0280. The van der Waals surface area contributed by atoms with Crippen LogP contribution in [0.15, 0.2) is 41.5 Å². The van der Waals surface area contributed by atoms with E-state index in [-0.39, 0.29) is 40.5 Å². The van der Waals surface area contributed by atoms with Crippen LogP contribution in [0.1, 0.15) is 29.8 Å². The van der Waals surface area contributed by atoms with Gasteiger partial charge in [-0.2, -0.15) is 13.2 Å². The Balaban J connectivity index is 1.84. The number of carbonyl (C=O) groups excluding carboxylic acids is 1. The van der Waals surface area contributed by atoms with Crippen LogP contribution in [0.5, 0.6) is 11.6 Å². The highest BCUT2D eigenvalue weighted by molar-refractivity contribution is 6.07. The van der Waals surface area contributed by atoms with Crippen molar-refractivity contribution >= 4 is 17.3 Å². The van der Waals surface area contributed by atoms with E-state index in [2.05, 4.69) is 20.2 Å². The molecule has 0 spiro atoms. The number of piperazine rings is 1. The summed E-state index contributed by atoms with van der Waals surface area (Å²) in [4.78, 5) is 35.1. The van der Waals surface area contributed by atoms with E-state index in [0.29, 0.717) is 31.0 Å². The van der Waals surface area contributed by atoms with Crippen molar-refractivity contribution in [3.05, 3.63) is 64.0 Å². The molecule has 13 heteroatoms. The smallest absolute Gasteiger partial charge is 0.417 e. The first-order valence-corrected chi connectivity index (χ1v) is 12.3. The van der Waals surface area contributed by atoms with E-state index in [0.717, 1.165) is 0 Å². The van der Waals surface area contributed by atoms with Crippen molar-refractivity contribution in [2.45, 2.75) is 32.1 Å². The van der Waals surface area contributed by atoms with Crippen LogP contribution in [-0.4, -0.2) is 67.2 Å². The Morgan fingerprint density at radius 1 is 1.10 bits per heavy atom. The number of hydrogen-bond acceptors (Lipinski definition) is 7. The van der Waals surface area contributed by atoms with Crippen molar-refractivity contribution in [1.82, 2.24) is 14.9 Å². The van der Waals surface area contributed by atoms with Gasteiger partial charge in [0.05, 0.1) is 36.7 Å². The zero-order valence-electron chi connectivity index (χ0n) is 22.5. The number of nitrogens with one attached hydrogen (secondary N) is 2. The fourth-order valence-corrected chi connectivity index (χ4v) is 4.71. The molecular formula is C27H29F4N5O4. The Hall–Kier alpha value is -4.13. The molecule has 0 radical (unpaired) electrons. The van der Waals surface area contributed by atoms with Gasteiger partial charge in [0.25, 0.3) is 11.8 Å². The molecule has 3 heterocycles. The van der Waals surface area contributed by atoms with E-state index in [1.807, 2.05) is 25.8 Å². The lowest BCUT2D eigenvalue weighted by molar-refractivity contribution is -0.138. The number of alkyl halides is 3. The standard InChI is InChI=1S/C27H29F4N5O4/c1-14-12-36(13-15(2)35(14)3)22-9-20(28)17(16-6-23(39-4)26(40-5)33-10-16)7-21(22)34-25(38)18-11-32-24(37)8-19(18)27(29,30)31/h6-11,14-15H,12-13H2,1-5H3,(H,32,37)(H,34,38). The van der Waals surface area contributed by atoms with Crippen LogP contribution < -0.4 is 25.2 Å². The highest BCUT2D eigenvalue weighted by Gasteiger charge is 2.36. The van der Waals surface area contributed by atoms with Gasteiger partial charge in [0, 0.05) is 54.8 Å². The molecule has 0 aliphatic carbocycles. The molecule has 1 aliphatic rings. The quantitative estimate of drug-likeness (QED) is 0.429. The first-order valence-electron chi connectivity index (χ1n) is 12.3. The van der Waals surface area contributed by atoms with Crippen LogP contribution in [0.3, 0.4) is 0 Å². The minimum Gasteiger partial charge on any atom is -0.491 e. The summed E-state index contributed by atoms with van der Waals surface area (Å²) >= 11 is 0. The zero-order chi connectivity index (χ0) is 29.4. The lowest BCUT2D eigenvalue weighted by Crippen LogP contribution is -2.55. The zero-order valence-corrected chi connectivity index (χ0v) is 22.5. The van der Waals surface area contributed by atoms with Gasteiger partial charge in [-0.05, 0) is 39.1 Å². The van der Waals surface area contributed by atoms with Crippen LogP contribution in [0, 0.1) is 5.82 Å². The maximum atomic E-state index is 15.6. The largest absolute Gasteiger partial charge is 0.491 e. The predicted molar refractivity (Wildman–Crippen MR) is 142 cm³/mol. The van der Waals surface area contributed by atoms with Crippen molar-refractivity contribution in [2.24, 2.45) is 0 Å². The molecule has 2 unspecified atom stereocenters. The molecule has 0 saturated carbocycles. The topological polar surface area (TPSA) is 99.8 Å². The van der Waals surface area contributed by atoms with E-state index in [1.54, 1.807) is 0 Å². The third-order valence-electron chi connectivity index (χ3n) is 7.05. The highest BCUT2D eigenvalue weighted by Crippen LogP contribution is 2.38. The van der Waals surface area contributed by atoms with E-state index in [9.17, 15) is 22.8 Å². The number of carbonyl (C=O) groups is 1. The van der Waals surface area contributed by atoms with Gasteiger partial charge >= 0.3 is 6.18 Å². The summed E-state index contributed by atoms with van der Waals surface area (Å²) in [6.45, 7) is 4.95. The Kier molecular flexibility index (Phi) is 8.05. The third-order valence-corrected chi connectivity index (χ3v) is 7.05. The number of anilines is 2. The summed E-state index contributed by atoms with van der Waals surface area (Å²) in [7, 11) is 4.77. The maximum absolute atomic E-state index is 15.6. The van der Waals surface area contributed by atoms with Crippen LogP contribution in [0.2, 0.25) is 0 Å². The minimum atomic E-state index is -4.95. The highest BCUT2D eigenvalue weighted by atomic mass is 19.4. The lowest BCUT2D eigenvalue weighted by Gasteiger charge is -2.44. The molecule has 0 bridgehead atoms. The summed E-state index contributed by atoms with van der Waals surface area (Å²) in [5.74, 6) is -1.35. The van der Waals surface area contributed by atoms with Crippen molar-refractivity contribution in [3.8, 4) is 22.8 Å². The van der Waals surface area contributed by atoms with Gasteiger partial charge < -0.3 is 24.7 Å². The van der Waals surface area contributed by atoms with Crippen molar-refractivity contribution < 1.29 is 31.8 Å². The van der Waals surface area contributed by atoms with Gasteiger partial charge in [0.1, 0.15) is 5.82 Å². The Bertz CT molecular complexity index is 1460. The van der Waals surface area contributed by atoms with Gasteiger partial charge in [-0.15, -0.1) is 0 Å². The molecule has 3 aromatic rings. The fourth-order valence-electron chi connectivity index (χ4n) is 4.71. The molecule has 2 aromatic heterocycles. The molecule has 1 saturated heterocycles. The average molecular weight is 564 g/mol. The molecule has 1 fully saturated rings. The fraction of sp³-hybridized carbons (Fsp3) is 0.370. The number of likely N-dealkylation sites (N-methyl/N-ethyl adjacent to an activating group) is 1. The summed E-state index contributed by atoms with van der Waals surface area (Å²) in [5.41, 5.74) is -2.47. The molecule has 4 rings (SSSR count). The third kappa shape index (κ3) is 5.74. The second-order valence-corrected chi connectivity index (χ2v) is 9.63. The number of benzene rings is 1. The normalized spacial score (nSPS) is 18.0. The Labute approximate surface area is 227 Å². The number of ether oxygens (including phenoxy) is 2. The van der Waals surface area contributed by atoms with Crippen LogP contribution in [0.4, 0.5) is 28.9 Å². The number of amides is 1. The SMILES string of the molecule is COc1cc(-c2cc(NC(=O)c3c[nH]c(=O)cc3C(F)(F)F)c(N3CC(C)N(C)C(C)C3)cc2F)cnc1OC. The van der Waals surface area contributed by atoms with Crippen LogP contribution in [0.25, 0.3) is 11.1 Å².